The zero-order valence-electron chi connectivity index (χ0n) is 11.8. The van der Waals surface area contributed by atoms with Crippen molar-refractivity contribution in [1.29, 1.82) is 0 Å². The fraction of sp³-hybridized carbons (Fsp3) is 0.267. The number of nitrogens with one attached hydrogen (secondary N) is 2. The minimum absolute atomic E-state index is 0.0903. The van der Waals surface area contributed by atoms with Crippen molar-refractivity contribution in [3.8, 4) is 11.5 Å². The average molecular weight is 274 g/mol. The highest BCUT2D eigenvalue weighted by Crippen LogP contribution is 2.29. The Kier molecular flexibility index (Phi) is 4.30. The third-order valence-electron chi connectivity index (χ3n) is 2.93. The van der Waals surface area contributed by atoms with E-state index in [0.29, 0.717) is 23.6 Å². The molecular formula is C15H18N2O3. The topological polar surface area (TPSA) is 63.3 Å². The number of aryl methyl sites for hydroxylation is 1. The van der Waals surface area contributed by atoms with Gasteiger partial charge in [-0.3, -0.25) is 4.79 Å². The van der Waals surface area contributed by atoms with E-state index >= 15 is 0 Å². The Bertz CT molecular complexity index is 605. The first-order chi connectivity index (χ1) is 9.62. The number of methoxy groups -OCH3 is 2. The molecule has 0 fully saturated rings. The maximum Gasteiger partial charge on any atom is 0.228 e. The van der Waals surface area contributed by atoms with Crippen molar-refractivity contribution in [1.82, 2.24) is 4.98 Å². The second-order valence-corrected chi connectivity index (χ2v) is 4.48. The fourth-order valence-electron chi connectivity index (χ4n) is 1.95. The first-order valence-electron chi connectivity index (χ1n) is 6.28. The van der Waals surface area contributed by atoms with Crippen molar-refractivity contribution in [2.75, 3.05) is 19.5 Å². The zero-order chi connectivity index (χ0) is 14.5. The van der Waals surface area contributed by atoms with E-state index in [0.717, 1.165) is 11.3 Å². The van der Waals surface area contributed by atoms with Crippen LogP contribution in [0.3, 0.4) is 0 Å². The molecule has 0 aliphatic heterocycles. The van der Waals surface area contributed by atoms with Crippen LogP contribution in [0, 0.1) is 6.92 Å². The lowest BCUT2D eigenvalue weighted by atomic mass is 10.2. The van der Waals surface area contributed by atoms with Gasteiger partial charge in [-0.25, -0.2) is 0 Å². The van der Waals surface area contributed by atoms with Crippen LogP contribution in [0.1, 0.15) is 11.3 Å². The average Bonchev–Trinajstić information content (AvgIpc) is 2.84. The molecule has 0 unspecified atom stereocenters. The van der Waals surface area contributed by atoms with Crippen molar-refractivity contribution in [2.45, 2.75) is 13.3 Å². The van der Waals surface area contributed by atoms with Gasteiger partial charge < -0.3 is 19.8 Å². The Balaban J connectivity index is 2.07. The van der Waals surface area contributed by atoms with Crippen LogP contribution >= 0.6 is 0 Å². The summed E-state index contributed by atoms with van der Waals surface area (Å²) in [4.78, 5) is 15.1. The molecule has 0 aliphatic rings. The van der Waals surface area contributed by atoms with Crippen LogP contribution in [-0.4, -0.2) is 25.1 Å². The molecule has 0 saturated heterocycles. The number of hydrogen-bond donors (Lipinski definition) is 2. The molecule has 0 atom stereocenters. The third-order valence-corrected chi connectivity index (χ3v) is 2.93. The van der Waals surface area contributed by atoms with E-state index < -0.39 is 0 Å². The molecule has 1 aromatic heterocycles. The summed E-state index contributed by atoms with van der Waals surface area (Å²) in [5.74, 6) is 1.16. The molecule has 0 aliphatic carbocycles. The fourth-order valence-corrected chi connectivity index (χ4v) is 1.95. The first kappa shape index (κ1) is 14.0. The summed E-state index contributed by atoms with van der Waals surface area (Å²) in [5, 5.41) is 2.84. The van der Waals surface area contributed by atoms with Gasteiger partial charge in [-0.05, 0) is 30.7 Å². The molecule has 0 spiro atoms. The molecule has 20 heavy (non-hydrogen) atoms. The minimum Gasteiger partial charge on any atom is -0.497 e. The van der Waals surface area contributed by atoms with Crippen molar-refractivity contribution in [3.05, 3.63) is 41.7 Å². The standard InChI is InChI=1S/C15H18N2O3/c1-10-6-11(9-16-10)7-15(18)17-13-5-4-12(19-2)8-14(13)20-3/h4-6,8-9,16H,7H2,1-3H3,(H,17,18). The number of hydrogen-bond acceptors (Lipinski definition) is 3. The van der Waals surface area contributed by atoms with Gasteiger partial charge in [0, 0.05) is 18.0 Å². The molecule has 1 aromatic carbocycles. The van der Waals surface area contributed by atoms with Crippen LogP contribution in [-0.2, 0) is 11.2 Å². The molecule has 5 heteroatoms. The molecule has 106 valence electrons. The number of aromatic amines is 1. The minimum atomic E-state index is -0.0903. The van der Waals surface area contributed by atoms with Crippen LogP contribution in [0.2, 0.25) is 0 Å². The number of carbonyl (C=O) groups excluding carboxylic acids is 1. The summed E-state index contributed by atoms with van der Waals surface area (Å²) in [6.07, 6.45) is 2.15. The number of benzene rings is 1. The van der Waals surface area contributed by atoms with E-state index in [1.165, 1.54) is 0 Å². The third kappa shape index (κ3) is 3.32. The lowest BCUT2D eigenvalue weighted by Crippen LogP contribution is -2.14. The van der Waals surface area contributed by atoms with Gasteiger partial charge in [0.1, 0.15) is 11.5 Å². The molecule has 2 aromatic rings. The summed E-state index contributed by atoms with van der Waals surface area (Å²) in [6, 6.07) is 7.22. The van der Waals surface area contributed by atoms with Crippen molar-refractivity contribution in [2.24, 2.45) is 0 Å². The number of anilines is 1. The Labute approximate surface area is 117 Å². The van der Waals surface area contributed by atoms with Crippen molar-refractivity contribution in [3.63, 3.8) is 0 Å². The van der Waals surface area contributed by atoms with E-state index in [1.54, 1.807) is 32.4 Å². The Morgan fingerprint density at radius 1 is 1.25 bits per heavy atom. The molecule has 2 N–H and O–H groups in total. The van der Waals surface area contributed by atoms with Gasteiger partial charge in [-0.1, -0.05) is 0 Å². The Morgan fingerprint density at radius 3 is 2.65 bits per heavy atom. The second-order valence-electron chi connectivity index (χ2n) is 4.48. The molecule has 1 amide bonds. The van der Waals surface area contributed by atoms with E-state index in [-0.39, 0.29) is 5.91 Å². The predicted octanol–water partition coefficient (Wildman–Crippen LogP) is 2.52. The summed E-state index contributed by atoms with van der Waals surface area (Å²) < 4.78 is 10.4. The van der Waals surface area contributed by atoms with E-state index in [4.69, 9.17) is 9.47 Å². The smallest absolute Gasteiger partial charge is 0.228 e. The van der Waals surface area contributed by atoms with Gasteiger partial charge >= 0.3 is 0 Å². The first-order valence-corrected chi connectivity index (χ1v) is 6.28. The zero-order valence-corrected chi connectivity index (χ0v) is 11.8. The van der Waals surface area contributed by atoms with Gasteiger partial charge in [0.15, 0.2) is 0 Å². The van der Waals surface area contributed by atoms with Crippen LogP contribution in [0.15, 0.2) is 30.5 Å². The summed E-state index contributed by atoms with van der Waals surface area (Å²) >= 11 is 0. The highest BCUT2D eigenvalue weighted by Gasteiger charge is 2.10. The van der Waals surface area contributed by atoms with Crippen LogP contribution in [0.5, 0.6) is 11.5 Å². The van der Waals surface area contributed by atoms with Gasteiger partial charge in [-0.2, -0.15) is 0 Å². The van der Waals surface area contributed by atoms with Crippen LogP contribution in [0.25, 0.3) is 0 Å². The molecular weight excluding hydrogens is 256 g/mol. The maximum absolute atomic E-state index is 12.0. The van der Waals surface area contributed by atoms with E-state index in [1.807, 2.05) is 19.2 Å². The summed E-state index contributed by atoms with van der Waals surface area (Å²) in [7, 11) is 3.14. The van der Waals surface area contributed by atoms with Crippen LogP contribution < -0.4 is 14.8 Å². The highest BCUT2D eigenvalue weighted by molar-refractivity contribution is 5.93. The number of aromatic nitrogens is 1. The molecule has 5 nitrogen and oxygen atoms in total. The molecule has 0 radical (unpaired) electrons. The largest absolute Gasteiger partial charge is 0.497 e. The van der Waals surface area contributed by atoms with E-state index in [9.17, 15) is 4.79 Å². The number of carbonyl (C=O) groups is 1. The van der Waals surface area contributed by atoms with E-state index in [2.05, 4.69) is 10.3 Å². The molecule has 0 bridgehead atoms. The quantitative estimate of drug-likeness (QED) is 0.880. The molecule has 0 saturated carbocycles. The second kappa shape index (κ2) is 6.14. The Hall–Kier alpha value is -2.43. The number of rotatable bonds is 5. The normalized spacial score (nSPS) is 10.2. The number of ether oxygens (including phenoxy) is 2. The lowest BCUT2D eigenvalue weighted by molar-refractivity contribution is -0.115. The van der Waals surface area contributed by atoms with Gasteiger partial charge in [0.2, 0.25) is 5.91 Å². The Morgan fingerprint density at radius 2 is 2.05 bits per heavy atom. The SMILES string of the molecule is COc1ccc(NC(=O)Cc2c[nH]c(C)c2)c(OC)c1. The molecule has 1 heterocycles. The van der Waals surface area contributed by atoms with Gasteiger partial charge in [-0.15, -0.1) is 0 Å². The van der Waals surface area contributed by atoms with Crippen molar-refractivity contribution >= 4 is 11.6 Å². The monoisotopic (exact) mass is 274 g/mol. The van der Waals surface area contributed by atoms with Crippen molar-refractivity contribution < 1.29 is 14.3 Å². The highest BCUT2D eigenvalue weighted by atomic mass is 16.5. The van der Waals surface area contributed by atoms with Crippen LogP contribution in [0.4, 0.5) is 5.69 Å². The number of amides is 1. The summed E-state index contributed by atoms with van der Waals surface area (Å²) in [5.41, 5.74) is 2.62. The van der Waals surface area contributed by atoms with Gasteiger partial charge in [0.05, 0.1) is 26.3 Å². The molecule has 2 rings (SSSR count). The lowest BCUT2D eigenvalue weighted by Gasteiger charge is -2.11. The summed E-state index contributed by atoms with van der Waals surface area (Å²) in [6.45, 7) is 1.95. The number of H-pyrrole nitrogens is 1. The van der Waals surface area contributed by atoms with Gasteiger partial charge in [0.25, 0.3) is 0 Å². The maximum atomic E-state index is 12.0. The predicted molar refractivity (Wildman–Crippen MR) is 77.4 cm³/mol.